The minimum atomic E-state index is -0.469. The zero-order valence-electron chi connectivity index (χ0n) is 18.2. The highest BCUT2D eigenvalue weighted by Gasteiger charge is 2.33. The van der Waals surface area contributed by atoms with Gasteiger partial charge in [0.25, 0.3) is 0 Å². The number of hydrogen-bond donors (Lipinski definition) is 1. The summed E-state index contributed by atoms with van der Waals surface area (Å²) in [6.07, 6.45) is 2.53. The maximum Gasteiger partial charge on any atom is 0.416 e. The molecule has 168 valence electrons. The van der Waals surface area contributed by atoms with Crippen LogP contribution in [0.25, 0.3) is 11.1 Å². The molecule has 8 heteroatoms. The molecule has 3 aromatic rings. The monoisotopic (exact) mass is 444 g/mol. The Morgan fingerprint density at radius 3 is 2.61 bits per heavy atom. The average Bonchev–Trinajstić information content (AvgIpc) is 3.22. The van der Waals surface area contributed by atoms with Crippen LogP contribution in [0.5, 0.6) is 0 Å². The second-order valence-electron chi connectivity index (χ2n) is 7.57. The Morgan fingerprint density at radius 1 is 1.15 bits per heavy atom. The molecule has 1 aromatic heterocycles. The quantitative estimate of drug-likeness (QED) is 0.422. The lowest BCUT2D eigenvalue weighted by Gasteiger charge is -2.12. The van der Waals surface area contributed by atoms with E-state index in [-0.39, 0.29) is 12.5 Å². The van der Waals surface area contributed by atoms with Gasteiger partial charge in [-0.25, -0.2) is 9.78 Å². The standard InChI is InChI=1S/C25H24N4O4/c1-18(30)26-15-23-16-29(25(31)33-23)24-12-11-22(14-27-24)21-9-7-19(8-10-21)13-28-32-17-20-5-3-2-4-6-20/h2-14,23H,15-17H2,1H3,(H,26,30)/t23-/m0/s1. The van der Waals surface area contributed by atoms with Gasteiger partial charge < -0.3 is 14.9 Å². The predicted molar refractivity (Wildman–Crippen MR) is 125 cm³/mol. The molecule has 1 N–H and O–H groups in total. The van der Waals surface area contributed by atoms with E-state index in [2.05, 4.69) is 15.5 Å². The first-order chi connectivity index (χ1) is 16.1. The van der Waals surface area contributed by atoms with Gasteiger partial charge in [0.15, 0.2) is 0 Å². The third kappa shape index (κ3) is 5.94. The van der Waals surface area contributed by atoms with Crippen molar-refractivity contribution in [2.75, 3.05) is 18.0 Å². The molecule has 0 radical (unpaired) electrons. The third-order valence-corrected chi connectivity index (χ3v) is 5.07. The molecule has 0 bridgehead atoms. The molecule has 0 unspecified atom stereocenters. The summed E-state index contributed by atoms with van der Waals surface area (Å²) in [6.45, 7) is 2.47. The number of rotatable bonds is 8. The van der Waals surface area contributed by atoms with Crippen LogP contribution in [0.2, 0.25) is 0 Å². The number of oxime groups is 1. The van der Waals surface area contributed by atoms with Crippen molar-refractivity contribution in [3.63, 3.8) is 0 Å². The summed E-state index contributed by atoms with van der Waals surface area (Å²) in [5.74, 6) is 0.345. The fourth-order valence-electron chi connectivity index (χ4n) is 3.33. The molecule has 1 saturated heterocycles. The molecular weight excluding hydrogens is 420 g/mol. The SMILES string of the molecule is CC(=O)NC[C@H]1CN(c2ccc(-c3ccc(C=NOCc4ccccc4)cc3)cn2)C(=O)O1. The minimum absolute atomic E-state index is 0.163. The van der Waals surface area contributed by atoms with E-state index in [1.54, 1.807) is 18.5 Å². The molecule has 0 saturated carbocycles. The first-order valence-corrected chi connectivity index (χ1v) is 10.6. The van der Waals surface area contributed by atoms with E-state index in [0.717, 1.165) is 22.3 Å². The highest BCUT2D eigenvalue weighted by Crippen LogP contribution is 2.24. The van der Waals surface area contributed by atoms with Crippen LogP contribution in [0.4, 0.5) is 10.6 Å². The normalized spacial score (nSPS) is 15.5. The highest BCUT2D eigenvalue weighted by molar-refractivity contribution is 5.89. The first kappa shape index (κ1) is 22.0. The van der Waals surface area contributed by atoms with E-state index in [9.17, 15) is 9.59 Å². The van der Waals surface area contributed by atoms with Crippen LogP contribution in [-0.4, -0.2) is 42.4 Å². The zero-order valence-corrected chi connectivity index (χ0v) is 18.2. The maximum atomic E-state index is 12.1. The molecule has 2 aromatic carbocycles. The largest absolute Gasteiger partial charge is 0.442 e. The van der Waals surface area contributed by atoms with Crippen LogP contribution in [-0.2, 0) is 21.0 Å². The number of carbonyl (C=O) groups is 2. The number of pyridine rings is 1. The van der Waals surface area contributed by atoms with Gasteiger partial charge in [-0.1, -0.05) is 59.8 Å². The summed E-state index contributed by atoms with van der Waals surface area (Å²) in [4.78, 5) is 34.4. The third-order valence-electron chi connectivity index (χ3n) is 5.07. The number of hydrogen-bond acceptors (Lipinski definition) is 6. The molecule has 1 aliphatic rings. The van der Waals surface area contributed by atoms with E-state index in [1.165, 1.54) is 11.8 Å². The molecule has 0 aliphatic carbocycles. The molecule has 1 atom stereocenters. The number of aromatic nitrogens is 1. The Kier molecular flexibility index (Phi) is 6.94. The molecular formula is C25H24N4O4. The Labute approximate surface area is 191 Å². The van der Waals surface area contributed by atoms with Gasteiger partial charge in [0.1, 0.15) is 18.5 Å². The van der Waals surface area contributed by atoms with Crippen molar-refractivity contribution < 1.29 is 19.2 Å². The maximum absolute atomic E-state index is 12.1. The van der Waals surface area contributed by atoms with E-state index in [0.29, 0.717) is 19.0 Å². The number of cyclic esters (lactones) is 1. The second-order valence-corrected chi connectivity index (χ2v) is 7.57. The Balaban J connectivity index is 1.33. The molecule has 2 amide bonds. The van der Waals surface area contributed by atoms with Gasteiger partial charge in [0.2, 0.25) is 5.91 Å². The molecule has 33 heavy (non-hydrogen) atoms. The van der Waals surface area contributed by atoms with Gasteiger partial charge in [-0.15, -0.1) is 0 Å². The smallest absolute Gasteiger partial charge is 0.416 e. The summed E-state index contributed by atoms with van der Waals surface area (Å²) < 4.78 is 5.28. The van der Waals surface area contributed by atoms with Crippen molar-refractivity contribution in [2.24, 2.45) is 5.16 Å². The molecule has 8 nitrogen and oxygen atoms in total. The summed E-state index contributed by atoms with van der Waals surface area (Å²) in [7, 11) is 0. The van der Waals surface area contributed by atoms with Crippen LogP contribution in [0.3, 0.4) is 0 Å². The molecule has 4 rings (SSSR count). The van der Waals surface area contributed by atoms with Crippen molar-refractivity contribution in [3.8, 4) is 11.1 Å². The zero-order chi connectivity index (χ0) is 23.0. The molecule has 1 fully saturated rings. The second kappa shape index (κ2) is 10.4. The van der Waals surface area contributed by atoms with Crippen molar-refractivity contribution in [1.82, 2.24) is 10.3 Å². The lowest BCUT2D eigenvalue weighted by Crippen LogP contribution is -2.33. The molecule has 2 heterocycles. The number of carbonyl (C=O) groups excluding carboxylic acids is 2. The van der Waals surface area contributed by atoms with E-state index in [4.69, 9.17) is 9.57 Å². The van der Waals surface area contributed by atoms with Crippen LogP contribution in [0.1, 0.15) is 18.1 Å². The predicted octanol–water partition coefficient (Wildman–Crippen LogP) is 3.76. The lowest BCUT2D eigenvalue weighted by atomic mass is 10.1. The van der Waals surface area contributed by atoms with Gasteiger partial charge in [-0.2, -0.15) is 0 Å². The van der Waals surface area contributed by atoms with Crippen molar-refractivity contribution >= 4 is 24.0 Å². The van der Waals surface area contributed by atoms with Crippen LogP contribution in [0.15, 0.2) is 78.1 Å². The minimum Gasteiger partial charge on any atom is -0.442 e. The lowest BCUT2D eigenvalue weighted by molar-refractivity contribution is -0.119. The molecule has 0 spiro atoms. The van der Waals surface area contributed by atoms with E-state index < -0.39 is 12.2 Å². The van der Waals surface area contributed by atoms with Gasteiger partial charge in [0, 0.05) is 18.7 Å². The number of ether oxygens (including phenoxy) is 1. The number of benzene rings is 2. The average molecular weight is 444 g/mol. The van der Waals surface area contributed by atoms with Gasteiger partial charge in [0.05, 0.1) is 19.3 Å². The summed E-state index contributed by atoms with van der Waals surface area (Å²) in [5, 5.41) is 6.68. The Bertz CT molecular complexity index is 1120. The van der Waals surface area contributed by atoms with Gasteiger partial charge in [-0.05, 0) is 28.8 Å². The summed E-state index contributed by atoms with van der Waals surface area (Å²) >= 11 is 0. The Morgan fingerprint density at radius 2 is 1.91 bits per heavy atom. The van der Waals surface area contributed by atoms with E-state index in [1.807, 2.05) is 60.7 Å². The van der Waals surface area contributed by atoms with E-state index >= 15 is 0 Å². The summed E-state index contributed by atoms with van der Waals surface area (Å²) in [5.41, 5.74) is 3.89. The fourth-order valence-corrected chi connectivity index (χ4v) is 3.33. The molecule has 1 aliphatic heterocycles. The number of amides is 2. The van der Waals surface area contributed by atoms with Crippen molar-refractivity contribution in [2.45, 2.75) is 19.6 Å². The number of nitrogens with zero attached hydrogens (tertiary/aromatic N) is 3. The van der Waals surface area contributed by atoms with Gasteiger partial charge in [-0.3, -0.25) is 9.69 Å². The number of anilines is 1. The first-order valence-electron chi connectivity index (χ1n) is 10.6. The topological polar surface area (TPSA) is 93.1 Å². The Hall–Kier alpha value is -4.20. The highest BCUT2D eigenvalue weighted by atomic mass is 16.6. The van der Waals surface area contributed by atoms with Crippen LogP contribution < -0.4 is 10.2 Å². The van der Waals surface area contributed by atoms with Crippen molar-refractivity contribution in [3.05, 3.63) is 84.1 Å². The summed E-state index contributed by atoms with van der Waals surface area (Å²) in [6, 6.07) is 21.4. The fraction of sp³-hybridized carbons (Fsp3) is 0.200. The number of nitrogens with one attached hydrogen (secondary N) is 1. The van der Waals surface area contributed by atoms with Gasteiger partial charge >= 0.3 is 6.09 Å². The van der Waals surface area contributed by atoms with Crippen LogP contribution in [0, 0.1) is 0 Å². The van der Waals surface area contributed by atoms with Crippen LogP contribution >= 0.6 is 0 Å². The van der Waals surface area contributed by atoms with Crippen molar-refractivity contribution in [1.29, 1.82) is 0 Å².